The van der Waals surface area contributed by atoms with Crippen molar-refractivity contribution in [2.75, 3.05) is 5.32 Å². The maximum Gasteiger partial charge on any atom is 0.185 e. The van der Waals surface area contributed by atoms with Crippen LogP contribution in [0.4, 0.5) is 16.0 Å². The van der Waals surface area contributed by atoms with Gasteiger partial charge in [0.25, 0.3) is 0 Å². The zero-order chi connectivity index (χ0) is 14.2. The predicted molar refractivity (Wildman–Crippen MR) is 74.4 cm³/mol. The summed E-state index contributed by atoms with van der Waals surface area (Å²) in [6, 6.07) is 1.83. The van der Waals surface area contributed by atoms with E-state index in [1.165, 1.54) is 4.68 Å². The molecule has 1 N–H and O–H groups in total. The van der Waals surface area contributed by atoms with Gasteiger partial charge in [-0.25, -0.2) is 14.1 Å². The fourth-order valence-corrected chi connectivity index (χ4v) is 2.14. The summed E-state index contributed by atoms with van der Waals surface area (Å²) >= 11 is 6.14. The van der Waals surface area contributed by atoms with Gasteiger partial charge >= 0.3 is 0 Å². The monoisotopic (exact) mass is 282 g/mol. The van der Waals surface area contributed by atoms with Gasteiger partial charge in [0.15, 0.2) is 11.6 Å². The quantitative estimate of drug-likeness (QED) is 0.914. The number of halogens is 2. The summed E-state index contributed by atoms with van der Waals surface area (Å²) in [4.78, 5) is 4.16. The van der Waals surface area contributed by atoms with E-state index in [4.69, 9.17) is 11.6 Å². The molecule has 0 aliphatic carbocycles. The highest BCUT2D eigenvalue weighted by molar-refractivity contribution is 6.31. The van der Waals surface area contributed by atoms with Gasteiger partial charge in [-0.15, -0.1) is 0 Å². The van der Waals surface area contributed by atoms with E-state index in [9.17, 15) is 4.39 Å². The summed E-state index contributed by atoms with van der Waals surface area (Å²) in [5.41, 5.74) is 0.843. The number of hydrogen-bond donors (Lipinski definition) is 1. The Morgan fingerprint density at radius 3 is 2.53 bits per heavy atom. The van der Waals surface area contributed by atoms with Gasteiger partial charge in [0.2, 0.25) is 0 Å². The molecule has 0 spiro atoms. The van der Waals surface area contributed by atoms with Crippen LogP contribution in [0.3, 0.4) is 0 Å². The van der Waals surface area contributed by atoms with Gasteiger partial charge in [0.05, 0.1) is 11.2 Å². The summed E-state index contributed by atoms with van der Waals surface area (Å²) < 4.78 is 14.9. The van der Waals surface area contributed by atoms with E-state index in [2.05, 4.69) is 36.2 Å². The van der Waals surface area contributed by atoms with Gasteiger partial charge in [0.1, 0.15) is 5.82 Å². The summed E-state index contributed by atoms with van der Waals surface area (Å²) in [7, 11) is 1.66. The molecule has 4 nitrogen and oxygen atoms in total. The number of pyridine rings is 1. The van der Waals surface area contributed by atoms with Gasteiger partial charge in [-0.1, -0.05) is 32.4 Å². The smallest absolute Gasteiger partial charge is 0.185 e. The molecule has 0 unspecified atom stereocenters. The molecule has 0 fully saturated rings. The summed E-state index contributed by atoms with van der Waals surface area (Å²) in [6.07, 6.45) is 2.72. The average molecular weight is 283 g/mol. The third-order valence-electron chi connectivity index (χ3n) is 2.80. The molecule has 0 saturated heterocycles. The first kappa shape index (κ1) is 13.8. The van der Waals surface area contributed by atoms with E-state index >= 15 is 0 Å². The Hall–Kier alpha value is -1.62. The maximum atomic E-state index is 13.5. The van der Waals surface area contributed by atoms with Crippen LogP contribution in [-0.2, 0) is 12.5 Å². The first-order valence-corrected chi connectivity index (χ1v) is 6.27. The van der Waals surface area contributed by atoms with Crippen LogP contribution >= 0.6 is 11.6 Å². The number of hydrogen-bond acceptors (Lipinski definition) is 3. The normalized spacial score (nSPS) is 11.7. The zero-order valence-electron chi connectivity index (χ0n) is 11.3. The zero-order valence-corrected chi connectivity index (χ0v) is 12.1. The molecule has 2 aromatic heterocycles. The average Bonchev–Trinajstić information content (AvgIpc) is 2.62. The van der Waals surface area contributed by atoms with Crippen molar-refractivity contribution in [2.24, 2.45) is 7.05 Å². The molecule has 0 aliphatic heterocycles. The van der Waals surface area contributed by atoms with Gasteiger partial charge in [-0.05, 0) is 17.0 Å². The van der Waals surface area contributed by atoms with Crippen molar-refractivity contribution >= 4 is 23.2 Å². The highest BCUT2D eigenvalue weighted by atomic mass is 35.5. The molecule has 0 saturated carbocycles. The van der Waals surface area contributed by atoms with Crippen LogP contribution in [0, 0.1) is 5.82 Å². The molecule has 0 amide bonds. The lowest BCUT2D eigenvalue weighted by atomic mass is 9.87. The Morgan fingerprint density at radius 2 is 2.00 bits per heavy atom. The van der Waals surface area contributed by atoms with Crippen molar-refractivity contribution in [3.63, 3.8) is 0 Å². The molecular weight excluding hydrogens is 267 g/mol. The van der Waals surface area contributed by atoms with E-state index in [0.29, 0.717) is 10.8 Å². The third-order valence-corrected chi connectivity index (χ3v) is 3.11. The minimum Gasteiger partial charge on any atom is -0.323 e. The minimum atomic E-state index is -0.420. The lowest BCUT2D eigenvalue weighted by molar-refractivity contribution is 0.590. The molecule has 0 atom stereocenters. The molecule has 2 aromatic rings. The Kier molecular flexibility index (Phi) is 3.49. The van der Waals surface area contributed by atoms with E-state index in [1.807, 2.05) is 6.07 Å². The van der Waals surface area contributed by atoms with Crippen molar-refractivity contribution in [3.05, 3.63) is 34.9 Å². The van der Waals surface area contributed by atoms with Crippen LogP contribution in [0.1, 0.15) is 26.3 Å². The Bertz CT molecular complexity index is 582. The van der Waals surface area contributed by atoms with Gasteiger partial charge in [-0.2, -0.15) is 5.10 Å². The number of aryl methyl sites for hydroxylation is 1. The van der Waals surface area contributed by atoms with E-state index < -0.39 is 5.82 Å². The van der Waals surface area contributed by atoms with Gasteiger partial charge in [0, 0.05) is 13.2 Å². The maximum absolute atomic E-state index is 13.5. The van der Waals surface area contributed by atoms with Crippen molar-refractivity contribution in [1.82, 2.24) is 14.8 Å². The SMILES string of the molecule is Cn1ncc(F)c1Nc1cc(C(C)(C)C)c(Cl)cn1. The molecule has 0 radical (unpaired) electrons. The minimum absolute atomic E-state index is 0.110. The molecule has 0 aliphatic rings. The molecule has 2 rings (SSSR count). The molecule has 102 valence electrons. The van der Waals surface area contributed by atoms with E-state index in [0.717, 1.165) is 11.8 Å². The molecule has 2 heterocycles. The van der Waals surface area contributed by atoms with Crippen LogP contribution < -0.4 is 5.32 Å². The Morgan fingerprint density at radius 1 is 1.32 bits per heavy atom. The van der Waals surface area contributed by atoms with Gasteiger partial charge in [-0.3, -0.25) is 0 Å². The van der Waals surface area contributed by atoms with E-state index in [1.54, 1.807) is 13.2 Å². The second-order valence-corrected chi connectivity index (χ2v) is 5.80. The van der Waals surface area contributed by atoms with Crippen molar-refractivity contribution in [2.45, 2.75) is 26.2 Å². The fourth-order valence-electron chi connectivity index (χ4n) is 1.75. The third kappa shape index (κ3) is 2.87. The van der Waals surface area contributed by atoms with Crippen molar-refractivity contribution in [1.29, 1.82) is 0 Å². The van der Waals surface area contributed by atoms with Crippen LogP contribution in [0.2, 0.25) is 5.02 Å². The number of nitrogens with one attached hydrogen (secondary N) is 1. The van der Waals surface area contributed by atoms with Crippen molar-refractivity contribution in [3.8, 4) is 0 Å². The molecule has 19 heavy (non-hydrogen) atoms. The first-order valence-electron chi connectivity index (χ1n) is 5.89. The molecule has 0 aromatic carbocycles. The lowest BCUT2D eigenvalue weighted by Gasteiger charge is -2.21. The first-order chi connectivity index (χ1) is 8.79. The molecule has 6 heteroatoms. The topological polar surface area (TPSA) is 42.7 Å². The lowest BCUT2D eigenvalue weighted by Crippen LogP contribution is -2.13. The Balaban J connectivity index is 2.37. The summed E-state index contributed by atoms with van der Waals surface area (Å²) in [5.74, 6) is 0.392. The number of aromatic nitrogens is 3. The second-order valence-electron chi connectivity index (χ2n) is 5.39. The second kappa shape index (κ2) is 4.81. The number of rotatable bonds is 2. The van der Waals surface area contributed by atoms with Crippen molar-refractivity contribution < 1.29 is 4.39 Å². The number of nitrogens with zero attached hydrogens (tertiary/aromatic N) is 3. The standard InChI is InChI=1S/C13H16ClFN4/c1-13(2,3)8-5-11(16-6-9(8)14)18-12-10(15)7-17-19(12)4/h5-7H,1-4H3,(H,16,18). The van der Waals surface area contributed by atoms with Crippen LogP contribution in [0.5, 0.6) is 0 Å². The molecular formula is C13H16ClFN4. The van der Waals surface area contributed by atoms with E-state index in [-0.39, 0.29) is 11.2 Å². The van der Waals surface area contributed by atoms with Crippen LogP contribution in [-0.4, -0.2) is 14.8 Å². The Labute approximate surface area is 116 Å². The fraction of sp³-hybridized carbons (Fsp3) is 0.385. The van der Waals surface area contributed by atoms with Gasteiger partial charge < -0.3 is 5.32 Å². The largest absolute Gasteiger partial charge is 0.323 e. The van der Waals surface area contributed by atoms with Crippen LogP contribution in [0.25, 0.3) is 0 Å². The van der Waals surface area contributed by atoms with Crippen LogP contribution in [0.15, 0.2) is 18.5 Å². The molecule has 0 bridgehead atoms. The summed E-state index contributed by atoms with van der Waals surface area (Å²) in [6.45, 7) is 6.17. The highest BCUT2D eigenvalue weighted by Crippen LogP contribution is 2.31. The summed E-state index contributed by atoms with van der Waals surface area (Å²) in [5, 5.41) is 7.34. The number of anilines is 2. The highest BCUT2D eigenvalue weighted by Gasteiger charge is 2.19. The predicted octanol–water partition coefficient (Wildman–Crippen LogP) is 3.65.